The molecule has 0 heterocycles. The molecule has 0 bridgehead atoms. The van der Waals surface area contributed by atoms with Crippen LogP contribution in [0.15, 0.2) is 54.6 Å². The Morgan fingerprint density at radius 1 is 1.09 bits per heavy atom. The maximum atomic E-state index is 12.4. The standard InChI is InChI=1S/C17H17F2NO2/c1-2-13(12-8-4-3-5-9-12)16(21)20-14-10-6-7-11-15(14)22-17(18)19/h3-11,13,17H,2H2,1H3,(H,20,21). The fourth-order valence-electron chi connectivity index (χ4n) is 2.25. The Hall–Kier alpha value is -2.43. The highest BCUT2D eigenvalue weighted by Gasteiger charge is 2.20. The largest absolute Gasteiger partial charge is 0.433 e. The van der Waals surface area contributed by atoms with Crippen LogP contribution in [0.25, 0.3) is 0 Å². The number of carbonyl (C=O) groups excluding carboxylic acids is 1. The first-order chi connectivity index (χ1) is 10.6. The molecule has 116 valence electrons. The minimum absolute atomic E-state index is 0.0474. The molecule has 1 unspecified atom stereocenters. The smallest absolute Gasteiger partial charge is 0.387 e. The summed E-state index contributed by atoms with van der Waals surface area (Å²) >= 11 is 0. The predicted octanol–water partition coefficient (Wildman–Crippen LogP) is 4.42. The van der Waals surface area contributed by atoms with Crippen LogP contribution in [0, 0.1) is 0 Å². The van der Waals surface area contributed by atoms with Gasteiger partial charge in [0.05, 0.1) is 11.6 Å². The molecule has 0 spiro atoms. The molecule has 3 nitrogen and oxygen atoms in total. The van der Waals surface area contributed by atoms with E-state index in [0.29, 0.717) is 6.42 Å². The fraction of sp³-hybridized carbons (Fsp3) is 0.235. The topological polar surface area (TPSA) is 38.3 Å². The van der Waals surface area contributed by atoms with Gasteiger partial charge < -0.3 is 10.1 Å². The van der Waals surface area contributed by atoms with Gasteiger partial charge >= 0.3 is 6.61 Å². The molecule has 1 atom stereocenters. The zero-order chi connectivity index (χ0) is 15.9. The van der Waals surface area contributed by atoms with E-state index < -0.39 is 6.61 Å². The van der Waals surface area contributed by atoms with E-state index in [9.17, 15) is 13.6 Å². The van der Waals surface area contributed by atoms with Gasteiger partial charge in [0.2, 0.25) is 5.91 Å². The van der Waals surface area contributed by atoms with Gasteiger partial charge in [-0.25, -0.2) is 0 Å². The summed E-state index contributed by atoms with van der Waals surface area (Å²) in [7, 11) is 0. The Morgan fingerprint density at radius 2 is 1.73 bits per heavy atom. The third-order valence-corrected chi connectivity index (χ3v) is 3.29. The second kappa shape index (κ2) is 7.54. The van der Waals surface area contributed by atoms with Crippen LogP contribution in [0.1, 0.15) is 24.8 Å². The average molecular weight is 305 g/mol. The molecule has 0 aromatic heterocycles. The Kier molecular flexibility index (Phi) is 5.47. The molecule has 0 aliphatic rings. The zero-order valence-electron chi connectivity index (χ0n) is 12.1. The number of para-hydroxylation sites is 2. The second-order valence-electron chi connectivity index (χ2n) is 4.74. The average Bonchev–Trinajstić information content (AvgIpc) is 2.50. The Morgan fingerprint density at radius 3 is 2.36 bits per heavy atom. The van der Waals surface area contributed by atoms with Crippen LogP contribution in [-0.2, 0) is 4.79 Å². The lowest BCUT2D eigenvalue weighted by atomic mass is 9.95. The predicted molar refractivity (Wildman–Crippen MR) is 81.2 cm³/mol. The van der Waals surface area contributed by atoms with Gasteiger partial charge in [-0.05, 0) is 24.1 Å². The number of anilines is 1. The lowest BCUT2D eigenvalue weighted by Gasteiger charge is -2.17. The summed E-state index contributed by atoms with van der Waals surface area (Å²) in [5, 5.41) is 2.67. The van der Waals surface area contributed by atoms with Gasteiger partial charge in [0.1, 0.15) is 5.75 Å². The number of rotatable bonds is 6. The van der Waals surface area contributed by atoms with Gasteiger partial charge in [-0.15, -0.1) is 0 Å². The summed E-state index contributed by atoms with van der Waals surface area (Å²) in [6.07, 6.45) is 0.605. The third-order valence-electron chi connectivity index (χ3n) is 3.29. The van der Waals surface area contributed by atoms with Gasteiger partial charge in [0.15, 0.2) is 0 Å². The van der Waals surface area contributed by atoms with Crippen molar-refractivity contribution in [2.45, 2.75) is 25.9 Å². The molecule has 0 saturated heterocycles. The van der Waals surface area contributed by atoms with Gasteiger partial charge in [-0.1, -0.05) is 49.4 Å². The molecule has 22 heavy (non-hydrogen) atoms. The van der Waals surface area contributed by atoms with E-state index in [1.807, 2.05) is 37.3 Å². The third kappa shape index (κ3) is 4.04. The van der Waals surface area contributed by atoms with Crippen molar-refractivity contribution in [2.24, 2.45) is 0 Å². The lowest BCUT2D eigenvalue weighted by Crippen LogP contribution is -2.21. The number of amides is 1. The number of alkyl halides is 2. The van der Waals surface area contributed by atoms with Gasteiger partial charge in [0, 0.05) is 0 Å². The van der Waals surface area contributed by atoms with Gasteiger partial charge in [-0.2, -0.15) is 8.78 Å². The molecule has 0 fully saturated rings. The van der Waals surface area contributed by atoms with E-state index >= 15 is 0 Å². The van der Waals surface area contributed by atoms with Crippen molar-refractivity contribution in [3.63, 3.8) is 0 Å². The summed E-state index contributed by atoms with van der Waals surface area (Å²) in [5.74, 6) is -0.645. The Bertz CT molecular complexity index is 617. The van der Waals surface area contributed by atoms with E-state index in [-0.39, 0.29) is 23.3 Å². The van der Waals surface area contributed by atoms with Crippen LogP contribution in [0.3, 0.4) is 0 Å². The van der Waals surface area contributed by atoms with Gasteiger partial charge in [-0.3, -0.25) is 4.79 Å². The Balaban J connectivity index is 2.17. The summed E-state index contributed by atoms with van der Waals surface area (Å²) in [6.45, 7) is -1.03. The molecular weight excluding hydrogens is 288 g/mol. The normalized spacial score (nSPS) is 12.0. The van der Waals surface area contributed by atoms with Crippen LogP contribution in [0.2, 0.25) is 0 Å². The van der Waals surface area contributed by atoms with Crippen molar-refractivity contribution in [1.29, 1.82) is 0 Å². The van der Waals surface area contributed by atoms with E-state index in [2.05, 4.69) is 10.1 Å². The number of benzene rings is 2. The molecule has 5 heteroatoms. The number of hydrogen-bond donors (Lipinski definition) is 1. The SMILES string of the molecule is CCC(C(=O)Nc1ccccc1OC(F)F)c1ccccc1. The molecule has 2 aromatic rings. The molecule has 0 radical (unpaired) electrons. The van der Waals surface area contributed by atoms with E-state index in [1.54, 1.807) is 12.1 Å². The quantitative estimate of drug-likeness (QED) is 0.858. The first-order valence-corrected chi connectivity index (χ1v) is 7.01. The number of ether oxygens (including phenoxy) is 1. The van der Waals surface area contributed by atoms with Crippen molar-refractivity contribution < 1.29 is 18.3 Å². The highest BCUT2D eigenvalue weighted by molar-refractivity contribution is 5.97. The van der Waals surface area contributed by atoms with Crippen molar-refractivity contribution in [2.75, 3.05) is 5.32 Å². The van der Waals surface area contributed by atoms with Crippen LogP contribution in [-0.4, -0.2) is 12.5 Å². The minimum Gasteiger partial charge on any atom is -0.433 e. The minimum atomic E-state index is -2.94. The van der Waals surface area contributed by atoms with Crippen LogP contribution in [0.4, 0.5) is 14.5 Å². The maximum absolute atomic E-state index is 12.4. The first-order valence-electron chi connectivity index (χ1n) is 7.01. The van der Waals surface area contributed by atoms with Crippen LogP contribution in [0.5, 0.6) is 5.75 Å². The second-order valence-corrected chi connectivity index (χ2v) is 4.74. The number of halogens is 2. The molecule has 0 aliphatic heterocycles. The molecule has 1 N–H and O–H groups in total. The van der Waals surface area contributed by atoms with Crippen molar-refractivity contribution in [3.05, 3.63) is 60.2 Å². The molecule has 2 aromatic carbocycles. The highest BCUT2D eigenvalue weighted by atomic mass is 19.3. The number of hydrogen-bond acceptors (Lipinski definition) is 2. The van der Waals surface area contributed by atoms with E-state index in [0.717, 1.165) is 5.56 Å². The summed E-state index contributed by atoms with van der Waals surface area (Å²) in [4.78, 5) is 12.4. The number of carbonyl (C=O) groups is 1. The van der Waals surface area contributed by atoms with E-state index in [4.69, 9.17) is 0 Å². The maximum Gasteiger partial charge on any atom is 0.387 e. The van der Waals surface area contributed by atoms with Crippen LogP contribution >= 0.6 is 0 Å². The van der Waals surface area contributed by atoms with Crippen molar-refractivity contribution in [3.8, 4) is 5.75 Å². The fourth-order valence-corrected chi connectivity index (χ4v) is 2.25. The van der Waals surface area contributed by atoms with Crippen molar-refractivity contribution >= 4 is 11.6 Å². The lowest BCUT2D eigenvalue weighted by molar-refractivity contribution is -0.117. The zero-order valence-corrected chi connectivity index (χ0v) is 12.1. The highest BCUT2D eigenvalue weighted by Crippen LogP contribution is 2.28. The van der Waals surface area contributed by atoms with Gasteiger partial charge in [0.25, 0.3) is 0 Å². The summed E-state index contributed by atoms with van der Waals surface area (Å²) < 4.78 is 29.2. The molecule has 1 amide bonds. The van der Waals surface area contributed by atoms with Crippen LogP contribution < -0.4 is 10.1 Å². The number of nitrogens with one attached hydrogen (secondary N) is 1. The first kappa shape index (κ1) is 15.9. The Labute approximate surface area is 127 Å². The molecule has 0 saturated carbocycles. The van der Waals surface area contributed by atoms with Crippen molar-refractivity contribution in [1.82, 2.24) is 0 Å². The molecular formula is C17H17F2NO2. The summed E-state index contributed by atoms with van der Waals surface area (Å²) in [6, 6.07) is 15.5. The van der Waals surface area contributed by atoms with E-state index in [1.165, 1.54) is 12.1 Å². The monoisotopic (exact) mass is 305 g/mol. The molecule has 0 aliphatic carbocycles. The summed E-state index contributed by atoms with van der Waals surface area (Å²) in [5.41, 5.74) is 1.12. The molecule has 2 rings (SSSR count).